The summed E-state index contributed by atoms with van der Waals surface area (Å²) in [6.07, 6.45) is 0.702. The van der Waals surface area contributed by atoms with Crippen LogP contribution in [0.5, 0.6) is 5.75 Å². The number of fused-ring (bicyclic) bond motifs is 3. The van der Waals surface area contributed by atoms with E-state index in [2.05, 4.69) is 4.90 Å². The highest BCUT2D eigenvalue weighted by atomic mass is 32.1. The molecule has 1 aliphatic heterocycles. The first kappa shape index (κ1) is 19.9. The molecule has 4 rings (SSSR count). The molecule has 7 nitrogen and oxygen atoms in total. The fourth-order valence-electron chi connectivity index (χ4n) is 3.89. The Morgan fingerprint density at radius 2 is 1.83 bits per heavy atom. The third-order valence-corrected chi connectivity index (χ3v) is 5.58. The van der Waals surface area contributed by atoms with Crippen LogP contribution in [-0.4, -0.2) is 49.8 Å². The van der Waals surface area contributed by atoms with Crippen LogP contribution in [0.3, 0.4) is 0 Å². The number of carboxylic acid groups (broad SMARTS) is 2. The van der Waals surface area contributed by atoms with E-state index in [4.69, 9.17) is 22.1 Å². The zero-order valence-corrected chi connectivity index (χ0v) is 16.9. The maximum Gasteiger partial charge on any atom is 0.341 e. The Morgan fingerprint density at radius 1 is 1.07 bits per heavy atom. The van der Waals surface area contributed by atoms with E-state index in [9.17, 15) is 14.7 Å². The van der Waals surface area contributed by atoms with Crippen molar-refractivity contribution >= 4 is 40.0 Å². The third kappa shape index (κ3) is 3.86. The predicted octanol–water partition coefficient (Wildman–Crippen LogP) is 2.92. The summed E-state index contributed by atoms with van der Waals surface area (Å²) in [6.45, 7) is 0.723. The van der Waals surface area contributed by atoms with Gasteiger partial charge in [0.25, 0.3) is 0 Å². The number of nitrogens with zero attached hydrogens (tertiary/aromatic N) is 2. The van der Waals surface area contributed by atoms with Gasteiger partial charge in [-0.2, -0.15) is 0 Å². The topological polar surface area (TPSA) is 92.0 Å². The third-order valence-electron chi connectivity index (χ3n) is 5.13. The van der Waals surface area contributed by atoms with Crippen LogP contribution in [0.25, 0.3) is 10.9 Å². The van der Waals surface area contributed by atoms with Gasteiger partial charge in [0.15, 0.2) is 6.61 Å². The Morgan fingerprint density at radius 3 is 2.53 bits per heavy atom. The van der Waals surface area contributed by atoms with Gasteiger partial charge in [0.05, 0.1) is 5.69 Å². The van der Waals surface area contributed by atoms with E-state index in [-0.39, 0.29) is 6.54 Å². The highest BCUT2D eigenvalue weighted by Gasteiger charge is 2.29. The van der Waals surface area contributed by atoms with Crippen molar-refractivity contribution in [1.82, 2.24) is 9.47 Å². The minimum Gasteiger partial charge on any atom is -0.482 e. The zero-order chi connectivity index (χ0) is 21.3. The average Bonchev–Trinajstić information content (AvgIpc) is 3.02. The van der Waals surface area contributed by atoms with Gasteiger partial charge in [0, 0.05) is 24.0 Å². The van der Waals surface area contributed by atoms with Crippen LogP contribution >= 0.6 is 12.2 Å². The molecule has 0 atom stereocenters. The van der Waals surface area contributed by atoms with Gasteiger partial charge in [0.2, 0.25) is 0 Å². The van der Waals surface area contributed by atoms with Gasteiger partial charge in [-0.1, -0.05) is 42.5 Å². The number of hydrogen-bond donors (Lipinski definition) is 2. The van der Waals surface area contributed by atoms with Crippen molar-refractivity contribution in [2.45, 2.75) is 19.5 Å². The van der Waals surface area contributed by atoms with Gasteiger partial charge in [-0.05, 0) is 35.7 Å². The number of carboxylic acids is 2. The van der Waals surface area contributed by atoms with E-state index >= 15 is 0 Å². The highest BCUT2D eigenvalue weighted by Crippen LogP contribution is 2.34. The molecule has 2 N–H and O–H groups in total. The SMILES string of the molecule is O=C(O)COc1ccc2c(c1)c1c(n2CC(=O)O)C(=S)N(Cc2ccccc2)CC1. The number of thiocarbonyl (C=S) groups is 1. The summed E-state index contributed by atoms with van der Waals surface area (Å²) in [5.74, 6) is -1.58. The molecule has 8 heteroatoms. The summed E-state index contributed by atoms with van der Waals surface area (Å²) in [5, 5.41) is 19.2. The fraction of sp³-hybridized carbons (Fsp3) is 0.227. The molecular formula is C22H20N2O5S. The minimum atomic E-state index is -1.06. The van der Waals surface area contributed by atoms with Gasteiger partial charge in [0.1, 0.15) is 17.3 Å². The van der Waals surface area contributed by atoms with Gasteiger partial charge in [-0.15, -0.1) is 0 Å². The molecule has 1 aromatic heterocycles. The van der Waals surface area contributed by atoms with E-state index in [1.807, 2.05) is 30.3 Å². The van der Waals surface area contributed by atoms with Gasteiger partial charge >= 0.3 is 11.9 Å². The fourth-order valence-corrected chi connectivity index (χ4v) is 4.28. The molecule has 1 aliphatic rings. The Hall–Kier alpha value is -3.39. The van der Waals surface area contributed by atoms with Crippen molar-refractivity contribution in [2.75, 3.05) is 13.2 Å². The van der Waals surface area contributed by atoms with Crippen molar-refractivity contribution in [3.05, 3.63) is 65.4 Å². The van der Waals surface area contributed by atoms with E-state index in [0.717, 1.165) is 27.7 Å². The van der Waals surface area contributed by atoms with Crippen molar-refractivity contribution in [3.8, 4) is 5.75 Å². The summed E-state index contributed by atoms with van der Waals surface area (Å²) in [5.41, 5.74) is 3.59. The Balaban J connectivity index is 1.75. The van der Waals surface area contributed by atoms with Crippen molar-refractivity contribution < 1.29 is 24.5 Å². The maximum absolute atomic E-state index is 11.6. The zero-order valence-electron chi connectivity index (χ0n) is 16.1. The number of ether oxygens (including phenoxy) is 1. The van der Waals surface area contributed by atoms with E-state index in [0.29, 0.717) is 30.2 Å². The molecule has 0 fully saturated rings. The number of rotatable bonds is 7. The van der Waals surface area contributed by atoms with Crippen molar-refractivity contribution in [3.63, 3.8) is 0 Å². The minimum absolute atomic E-state index is 0.208. The number of benzene rings is 2. The standard InChI is InChI=1S/C22H20N2O5S/c25-19(26)12-24-18-7-6-15(29-13-20(27)28)10-17(18)16-8-9-23(22(30)21(16)24)11-14-4-2-1-3-5-14/h1-7,10H,8-9,11-13H2,(H,25,26)(H,27,28). The number of hydrogen-bond acceptors (Lipinski definition) is 4. The second-order valence-electron chi connectivity index (χ2n) is 7.13. The van der Waals surface area contributed by atoms with E-state index in [1.165, 1.54) is 0 Å². The van der Waals surface area contributed by atoms with Crippen LogP contribution in [0.1, 0.15) is 16.8 Å². The first-order valence-corrected chi connectivity index (χ1v) is 9.89. The summed E-state index contributed by atoms with van der Waals surface area (Å²) in [6, 6.07) is 15.2. The molecule has 2 aromatic carbocycles. The molecular weight excluding hydrogens is 404 g/mol. The molecule has 0 unspecified atom stereocenters. The predicted molar refractivity (Wildman–Crippen MR) is 115 cm³/mol. The molecule has 0 spiro atoms. The van der Waals surface area contributed by atoms with Crippen LogP contribution < -0.4 is 4.74 Å². The van der Waals surface area contributed by atoms with E-state index in [1.54, 1.807) is 22.8 Å². The van der Waals surface area contributed by atoms with Gasteiger partial charge < -0.3 is 24.4 Å². The Labute approximate surface area is 178 Å². The second-order valence-corrected chi connectivity index (χ2v) is 7.52. The summed E-state index contributed by atoms with van der Waals surface area (Å²) < 4.78 is 7.05. The molecule has 0 bridgehead atoms. The molecule has 154 valence electrons. The van der Waals surface area contributed by atoms with Crippen LogP contribution in [0.4, 0.5) is 0 Å². The molecule has 30 heavy (non-hydrogen) atoms. The van der Waals surface area contributed by atoms with Crippen LogP contribution in [0.2, 0.25) is 0 Å². The summed E-state index contributed by atoms with van der Waals surface area (Å²) in [4.78, 5) is 25.1. The van der Waals surface area contributed by atoms with Crippen LogP contribution in [0, 0.1) is 0 Å². The second kappa shape index (κ2) is 8.16. The molecule has 0 radical (unpaired) electrons. The largest absolute Gasteiger partial charge is 0.482 e. The smallest absolute Gasteiger partial charge is 0.341 e. The molecule has 0 saturated heterocycles. The van der Waals surface area contributed by atoms with Crippen LogP contribution in [0.15, 0.2) is 48.5 Å². The van der Waals surface area contributed by atoms with Gasteiger partial charge in [-0.25, -0.2) is 4.79 Å². The first-order chi connectivity index (χ1) is 14.4. The number of carbonyl (C=O) groups is 2. The summed E-state index contributed by atoms with van der Waals surface area (Å²) in [7, 11) is 0. The first-order valence-electron chi connectivity index (χ1n) is 9.48. The quantitative estimate of drug-likeness (QED) is 0.564. The van der Waals surface area contributed by atoms with Crippen molar-refractivity contribution in [2.24, 2.45) is 0 Å². The molecule has 0 saturated carbocycles. The number of aromatic nitrogens is 1. The number of aliphatic carboxylic acids is 2. The Kier molecular flexibility index (Phi) is 5.41. The molecule has 0 amide bonds. The molecule has 3 aromatic rings. The Bertz CT molecular complexity index is 1140. The lowest BCUT2D eigenvalue weighted by Crippen LogP contribution is -2.37. The molecule has 2 heterocycles. The highest BCUT2D eigenvalue weighted by molar-refractivity contribution is 7.80. The average molecular weight is 424 g/mol. The lowest BCUT2D eigenvalue weighted by Gasteiger charge is -2.31. The normalized spacial score (nSPS) is 13.3. The van der Waals surface area contributed by atoms with Crippen molar-refractivity contribution in [1.29, 1.82) is 0 Å². The molecule has 0 aliphatic carbocycles. The summed E-state index contributed by atoms with van der Waals surface area (Å²) >= 11 is 5.78. The van der Waals surface area contributed by atoms with Gasteiger partial charge in [-0.3, -0.25) is 4.79 Å². The van der Waals surface area contributed by atoms with E-state index < -0.39 is 18.5 Å². The lowest BCUT2D eigenvalue weighted by atomic mass is 10.0. The van der Waals surface area contributed by atoms with Crippen LogP contribution in [-0.2, 0) is 29.1 Å². The monoisotopic (exact) mass is 424 g/mol. The lowest BCUT2D eigenvalue weighted by molar-refractivity contribution is -0.139. The maximum atomic E-state index is 11.6.